The van der Waals surface area contributed by atoms with E-state index in [2.05, 4.69) is 11.9 Å². The second-order valence-corrected chi connectivity index (χ2v) is 5.79. The van der Waals surface area contributed by atoms with Crippen LogP contribution < -0.4 is 5.46 Å². The second kappa shape index (κ2) is 7.20. The van der Waals surface area contributed by atoms with Crippen LogP contribution in [0.2, 0.25) is 0 Å². The van der Waals surface area contributed by atoms with Crippen molar-refractivity contribution in [2.24, 2.45) is 0 Å². The standard InChI is InChI=1S/C15H23BFNO2/c1-18(13-6-4-2-3-5-7-13)11-12-8-9-15(17)14(10-12)16(19)20/h8-10,13,19-20H,2-7,11H2,1H3. The molecule has 0 radical (unpaired) electrons. The normalized spacial score (nSPS) is 17.2. The summed E-state index contributed by atoms with van der Waals surface area (Å²) in [7, 11) is 0.340. The van der Waals surface area contributed by atoms with Gasteiger partial charge in [-0.15, -0.1) is 0 Å². The van der Waals surface area contributed by atoms with Gasteiger partial charge in [-0.05, 0) is 31.5 Å². The first kappa shape index (κ1) is 15.5. The molecule has 1 aliphatic rings. The fourth-order valence-corrected chi connectivity index (χ4v) is 3.01. The average Bonchev–Trinajstić information content (AvgIpc) is 2.69. The Kier molecular flexibility index (Phi) is 5.58. The molecule has 0 bridgehead atoms. The maximum Gasteiger partial charge on any atom is 0.491 e. The quantitative estimate of drug-likeness (QED) is 0.650. The van der Waals surface area contributed by atoms with Gasteiger partial charge in [-0.2, -0.15) is 0 Å². The van der Waals surface area contributed by atoms with Crippen molar-refractivity contribution in [3.63, 3.8) is 0 Å². The third kappa shape index (κ3) is 4.04. The smallest absolute Gasteiger partial charge is 0.423 e. The van der Waals surface area contributed by atoms with E-state index in [9.17, 15) is 4.39 Å². The molecular weight excluding hydrogens is 256 g/mol. The topological polar surface area (TPSA) is 43.7 Å². The Balaban J connectivity index is 2.03. The van der Waals surface area contributed by atoms with Crippen LogP contribution in [-0.2, 0) is 6.54 Å². The molecule has 1 saturated carbocycles. The van der Waals surface area contributed by atoms with Gasteiger partial charge in [0.05, 0.1) is 0 Å². The van der Waals surface area contributed by atoms with Crippen LogP contribution in [0.3, 0.4) is 0 Å². The van der Waals surface area contributed by atoms with E-state index in [-0.39, 0.29) is 5.46 Å². The summed E-state index contributed by atoms with van der Waals surface area (Å²) in [6.07, 6.45) is 7.63. The van der Waals surface area contributed by atoms with Gasteiger partial charge >= 0.3 is 7.12 Å². The fraction of sp³-hybridized carbons (Fsp3) is 0.600. The number of halogens is 1. The number of rotatable bonds is 4. The van der Waals surface area contributed by atoms with Gasteiger partial charge in [0.2, 0.25) is 0 Å². The summed E-state index contributed by atoms with van der Waals surface area (Å²) < 4.78 is 13.4. The summed E-state index contributed by atoms with van der Waals surface area (Å²) >= 11 is 0. The molecular formula is C15H23BFNO2. The highest BCUT2D eigenvalue weighted by molar-refractivity contribution is 6.58. The third-order valence-corrected chi connectivity index (χ3v) is 4.22. The van der Waals surface area contributed by atoms with Crippen molar-refractivity contribution in [3.05, 3.63) is 29.6 Å². The molecule has 5 heteroatoms. The van der Waals surface area contributed by atoms with Crippen LogP contribution in [0.25, 0.3) is 0 Å². The van der Waals surface area contributed by atoms with Crippen LogP contribution in [0.4, 0.5) is 4.39 Å². The van der Waals surface area contributed by atoms with E-state index in [1.165, 1.54) is 44.6 Å². The summed E-state index contributed by atoms with van der Waals surface area (Å²) in [5.74, 6) is -0.569. The highest BCUT2D eigenvalue weighted by Gasteiger charge is 2.20. The van der Waals surface area contributed by atoms with Crippen LogP contribution in [0.15, 0.2) is 18.2 Å². The molecule has 1 fully saturated rings. The molecule has 0 aliphatic heterocycles. The first-order chi connectivity index (χ1) is 9.58. The molecule has 0 atom stereocenters. The number of hydrogen-bond donors (Lipinski definition) is 2. The largest absolute Gasteiger partial charge is 0.491 e. The highest BCUT2D eigenvalue weighted by atomic mass is 19.1. The lowest BCUT2D eigenvalue weighted by Crippen LogP contribution is -2.34. The molecule has 0 saturated heterocycles. The van der Waals surface area contributed by atoms with Crippen LogP contribution in [0.5, 0.6) is 0 Å². The lowest BCUT2D eigenvalue weighted by Gasteiger charge is -2.27. The second-order valence-electron chi connectivity index (χ2n) is 5.79. The van der Waals surface area contributed by atoms with Gasteiger partial charge in [-0.25, -0.2) is 4.39 Å². The summed E-state index contributed by atoms with van der Waals surface area (Å²) in [5, 5.41) is 18.3. The fourth-order valence-electron chi connectivity index (χ4n) is 3.01. The minimum Gasteiger partial charge on any atom is -0.423 e. The van der Waals surface area contributed by atoms with Gasteiger partial charge in [0, 0.05) is 18.0 Å². The first-order valence-electron chi connectivity index (χ1n) is 7.42. The maximum absolute atomic E-state index is 13.4. The predicted molar refractivity (Wildman–Crippen MR) is 79.2 cm³/mol. The Hall–Kier alpha value is -0.905. The van der Waals surface area contributed by atoms with Crippen LogP contribution in [-0.4, -0.2) is 35.2 Å². The Bertz CT molecular complexity index is 434. The van der Waals surface area contributed by atoms with Gasteiger partial charge in [-0.3, -0.25) is 4.90 Å². The number of nitrogens with zero attached hydrogens (tertiary/aromatic N) is 1. The molecule has 2 N–H and O–H groups in total. The molecule has 20 heavy (non-hydrogen) atoms. The molecule has 0 unspecified atom stereocenters. The molecule has 110 valence electrons. The third-order valence-electron chi connectivity index (χ3n) is 4.22. The summed E-state index contributed by atoms with van der Waals surface area (Å²) in [6, 6.07) is 5.15. The zero-order chi connectivity index (χ0) is 14.5. The van der Waals surface area contributed by atoms with Gasteiger partial charge < -0.3 is 10.0 Å². The van der Waals surface area contributed by atoms with E-state index >= 15 is 0 Å². The van der Waals surface area contributed by atoms with Crippen molar-refractivity contribution in [1.29, 1.82) is 0 Å². The molecule has 1 aromatic rings. The highest BCUT2D eigenvalue weighted by Crippen LogP contribution is 2.22. The summed E-state index contributed by atoms with van der Waals surface area (Å²) in [5.41, 5.74) is 0.873. The van der Waals surface area contributed by atoms with Gasteiger partial charge in [-0.1, -0.05) is 37.8 Å². The Labute approximate surface area is 120 Å². The SMILES string of the molecule is CN(Cc1ccc(F)c(B(O)O)c1)C1CCCCCC1. The van der Waals surface area contributed by atoms with Crippen molar-refractivity contribution in [2.75, 3.05) is 7.05 Å². The van der Waals surface area contributed by atoms with Gasteiger partial charge in [0.15, 0.2) is 0 Å². The lowest BCUT2D eigenvalue weighted by molar-refractivity contribution is 0.213. The van der Waals surface area contributed by atoms with Crippen LogP contribution in [0, 0.1) is 5.82 Å². The van der Waals surface area contributed by atoms with Crippen molar-refractivity contribution >= 4 is 12.6 Å². The van der Waals surface area contributed by atoms with Gasteiger partial charge in [0.1, 0.15) is 5.82 Å². The molecule has 0 aromatic heterocycles. The Morgan fingerprint density at radius 2 is 1.85 bits per heavy atom. The molecule has 2 rings (SSSR count). The number of hydrogen-bond acceptors (Lipinski definition) is 3. The van der Waals surface area contributed by atoms with Crippen molar-refractivity contribution in [2.45, 2.75) is 51.1 Å². The lowest BCUT2D eigenvalue weighted by atomic mass is 9.79. The minimum absolute atomic E-state index is 0.0447. The zero-order valence-electron chi connectivity index (χ0n) is 12.1. The van der Waals surface area contributed by atoms with Crippen LogP contribution >= 0.6 is 0 Å². The maximum atomic E-state index is 13.4. The monoisotopic (exact) mass is 279 g/mol. The predicted octanol–water partition coefficient (Wildman–Crippen LogP) is 1.66. The average molecular weight is 279 g/mol. The van der Waals surface area contributed by atoms with E-state index in [1.54, 1.807) is 12.1 Å². The first-order valence-corrected chi connectivity index (χ1v) is 7.42. The van der Waals surface area contributed by atoms with E-state index in [0.29, 0.717) is 12.6 Å². The molecule has 0 spiro atoms. The molecule has 3 nitrogen and oxygen atoms in total. The Morgan fingerprint density at radius 1 is 1.20 bits per heavy atom. The van der Waals surface area contributed by atoms with Crippen LogP contribution in [0.1, 0.15) is 44.1 Å². The summed E-state index contributed by atoms with van der Waals surface area (Å²) in [6.45, 7) is 0.713. The van der Waals surface area contributed by atoms with Crippen molar-refractivity contribution < 1.29 is 14.4 Å². The van der Waals surface area contributed by atoms with E-state index in [4.69, 9.17) is 10.0 Å². The van der Waals surface area contributed by atoms with E-state index in [0.717, 1.165) is 5.56 Å². The molecule has 0 amide bonds. The molecule has 1 aromatic carbocycles. The summed E-state index contributed by atoms with van der Waals surface area (Å²) in [4.78, 5) is 2.30. The van der Waals surface area contributed by atoms with Crippen molar-refractivity contribution in [1.82, 2.24) is 4.90 Å². The Morgan fingerprint density at radius 3 is 2.45 bits per heavy atom. The van der Waals surface area contributed by atoms with E-state index < -0.39 is 12.9 Å². The van der Waals surface area contributed by atoms with Crippen molar-refractivity contribution in [3.8, 4) is 0 Å². The van der Waals surface area contributed by atoms with E-state index in [1.807, 2.05) is 0 Å². The van der Waals surface area contributed by atoms with Gasteiger partial charge in [0.25, 0.3) is 0 Å². The number of benzene rings is 1. The molecule has 0 heterocycles. The molecule has 1 aliphatic carbocycles. The minimum atomic E-state index is -1.75. The zero-order valence-corrected chi connectivity index (χ0v) is 12.1.